The predicted octanol–water partition coefficient (Wildman–Crippen LogP) is 3.08. The summed E-state index contributed by atoms with van der Waals surface area (Å²) in [6.07, 6.45) is 4.00. The molecule has 0 bridgehead atoms. The van der Waals surface area contributed by atoms with Gasteiger partial charge >= 0.3 is 0 Å². The van der Waals surface area contributed by atoms with E-state index in [-0.39, 0.29) is 0 Å². The zero-order valence-corrected chi connectivity index (χ0v) is 13.1. The smallest absolute Gasteiger partial charge is 0.119 e. The van der Waals surface area contributed by atoms with Crippen LogP contribution >= 0.6 is 0 Å². The first-order chi connectivity index (χ1) is 9.69. The fourth-order valence-corrected chi connectivity index (χ4v) is 2.88. The van der Waals surface area contributed by atoms with Gasteiger partial charge in [0.2, 0.25) is 0 Å². The van der Waals surface area contributed by atoms with Crippen LogP contribution in [0.3, 0.4) is 0 Å². The van der Waals surface area contributed by atoms with E-state index in [9.17, 15) is 0 Å². The van der Waals surface area contributed by atoms with Crippen LogP contribution in [0.2, 0.25) is 0 Å². The van der Waals surface area contributed by atoms with Crippen molar-refractivity contribution in [1.82, 2.24) is 10.2 Å². The van der Waals surface area contributed by atoms with Crippen molar-refractivity contribution >= 4 is 0 Å². The molecule has 1 aliphatic rings. The molecule has 1 fully saturated rings. The quantitative estimate of drug-likeness (QED) is 0.864. The van der Waals surface area contributed by atoms with E-state index < -0.39 is 0 Å². The van der Waals surface area contributed by atoms with E-state index in [1.165, 1.54) is 37.9 Å². The van der Waals surface area contributed by atoms with Gasteiger partial charge in [0.1, 0.15) is 5.75 Å². The van der Waals surface area contributed by atoms with Crippen LogP contribution in [0.25, 0.3) is 0 Å². The second-order valence-electron chi connectivity index (χ2n) is 5.99. The molecule has 1 aromatic carbocycles. The van der Waals surface area contributed by atoms with Gasteiger partial charge in [0.25, 0.3) is 0 Å². The van der Waals surface area contributed by atoms with E-state index >= 15 is 0 Å². The molecule has 20 heavy (non-hydrogen) atoms. The van der Waals surface area contributed by atoms with Crippen molar-refractivity contribution in [2.45, 2.75) is 32.2 Å². The maximum absolute atomic E-state index is 5.28. The Balaban J connectivity index is 1.73. The Morgan fingerprint density at radius 3 is 2.80 bits per heavy atom. The van der Waals surface area contributed by atoms with Gasteiger partial charge in [0.15, 0.2) is 0 Å². The molecule has 0 spiro atoms. The number of methoxy groups -OCH3 is 1. The van der Waals surface area contributed by atoms with Crippen molar-refractivity contribution in [3.05, 3.63) is 29.8 Å². The van der Waals surface area contributed by atoms with Gasteiger partial charge in [-0.2, -0.15) is 0 Å². The minimum absolute atomic E-state index is 0.386. The monoisotopic (exact) mass is 276 g/mol. The van der Waals surface area contributed by atoms with E-state index in [4.69, 9.17) is 4.74 Å². The van der Waals surface area contributed by atoms with Crippen LogP contribution in [0.1, 0.15) is 37.8 Å². The van der Waals surface area contributed by atoms with Gasteiger partial charge in [0.05, 0.1) is 7.11 Å². The number of benzene rings is 1. The summed E-state index contributed by atoms with van der Waals surface area (Å²) < 4.78 is 5.28. The lowest BCUT2D eigenvalue weighted by atomic mass is 9.93. The molecule has 0 aliphatic carbocycles. The highest BCUT2D eigenvalue weighted by Crippen LogP contribution is 2.21. The molecule has 1 N–H and O–H groups in total. The highest BCUT2D eigenvalue weighted by atomic mass is 16.5. The SMILES string of the molecule is COc1cccc(C(C)NCCC2CCN(C)CC2)c1. The highest BCUT2D eigenvalue weighted by molar-refractivity contribution is 5.30. The Labute approximate surface area is 123 Å². The number of hydrogen-bond acceptors (Lipinski definition) is 3. The molecule has 1 aromatic rings. The van der Waals surface area contributed by atoms with Gasteiger partial charge < -0.3 is 15.0 Å². The lowest BCUT2D eigenvalue weighted by Crippen LogP contribution is -2.32. The van der Waals surface area contributed by atoms with E-state index in [0.717, 1.165) is 18.2 Å². The largest absolute Gasteiger partial charge is 0.497 e. The van der Waals surface area contributed by atoms with Gasteiger partial charge in [-0.1, -0.05) is 12.1 Å². The summed E-state index contributed by atoms with van der Waals surface area (Å²) in [6.45, 7) is 5.85. The summed E-state index contributed by atoms with van der Waals surface area (Å²) in [6, 6.07) is 8.72. The number of rotatable bonds is 6. The van der Waals surface area contributed by atoms with E-state index in [1.54, 1.807) is 7.11 Å². The van der Waals surface area contributed by atoms with Crippen LogP contribution in [-0.4, -0.2) is 38.7 Å². The van der Waals surface area contributed by atoms with Crippen molar-refractivity contribution in [2.75, 3.05) is 33.8 Å². The van der Waals surface area contributed by atoms with Crippen LogP contribution in [-0.2, 0) is 0 Å². The molecule has 0 radical (unpaired) electrons. The van der Waals surface area contributed by atoms with E-state index in [1.807, 2.05) is 6.07 Å². The number of ether oxygens (including phenoxy) is 1. The van der Waals surface area contributed by atoms with Gasteiger partial charge in [-0.25, -0.2) is 0 Å². The van der Waals surface area contributed by atoms with Crippen molar-refractivity contribution in [2.24, 2.45) is 5.92 Å². The van der Waals surface area contributed by atoms with Crippen LogP contribution < -0.4 is 10.1 Å². The van der Waals surface area contributed by atoms with Crippen molar-refractivity contribution in [3.63, 3.8) is 0 Å². The average Bonchev–Trinajstić information content (AvgIpc) is 2.49. The Morgan fingerprint density at radius 1 is 1.35 bits per heavy atom. The normalized spacial score (nSPS) is 18.9. The maximum Gasteiger partial charge on any atom is 0.119 e. The Hall–Kier alpha value is -1.06. The molecular formula is C17H28N2O. The number of likely N-dealkylation sites (tertiary alicyclic amines) is 1. The summed E-state index contributed by atoms with van der Waals surface area (Å²) in [5.41, 5.74) is 1.30. The van der Waals surface area contributed by atoms with Gasteiger partial charge in [-0.05, 0) is 76.5 Å². The van der Waals surface area contributed by atoms with Crippen molar-refractivity contribution < 1.29 is 4.74 Å². The molecule has 112 valence electrons. The molecule has 0 saturated carbocycles. The van der Waals surface area contributed by atoms with Crippen LogP contribution in [0.4, 0.5) is 0 Å². The van der Waals surface area contributed by atoms with Crippen molar-refractivity contribution in [3.8, 4) is 5.75 Å². The minimum Gasteiger partial charge on any atom is -0.497 e. The third kappa shape index (κ3) is 4.50. The fourth-order valence-electron chi connectivity index (χ4n) is 2.88. The predicted molar refractivity (Wildman–Crippen MR) is 84.2 cm³/mol. The average molecular weight is 276 g/mol. The zero-order chi connectivity index (χ0) is 14.4. The third-order valence-electron chi connectivity index (χ3n) is 4.44. The molecule has 1 unspecified atom stereocenters. The van der Waals surface area contributed by atoms with Crippen LogP contribution in [0, 0.1) is 5.92 Å². The second kappa shape index (κ2) is 7.65. The number of nitrogens with one attached hydrogen (secondary N) is 1. The van der Waals surface area contributed by atoms with Crippen LogP contribution in [0.5, 0.6) is 5.75 Å². The third-order valence-corrected chi connectivity index (χ3v) is 4.44. The highest BCUT2D eigenvalue weighted by Gasteiger charge is 2.16. The second-order valence-corrected chi connectivity index (χ2v) is 5.99. The molecule has 1 heterocycles. The molecule has 0 aromatic heterocycles. The van der Waals surface area contributed by atoms with E-state index in [0.29, 0.717) is 6.04 Å². The molecule has 1 saturated heterocycles. The molecule has 1 atom stereocenters. The van der Waals surface area contributed by atoms with E-state index in [2.05, 4.69) is 42.4 Å². The summed E-state index contributed by atoms with van der Waals surface area (Å²) in [7, 11) is 3.94. The van der Waals surface area contributed by atoms with Crippen molar-refractivity contribution in [1.29, 1.82) is 0 Å². The van der Waals surface area contributed by atoms with Gasteiger partial charge in [-0.3, -0.25) is 0 Å². The lowest BCUT2D eigenvalue weighted by Gasteiger charge is -2.29. The maximum atomic E-state index is 5.28. The zero-order valence-electron chi connectivity index (χ0n) is 13.1. The molecule has 0 amide bonds. The lowest BCUT2D eigenvalue weighted by molar-refractivity contribution is 0.211. The summed E-state index contributed by atoms with van der Waals surface area (Å²) in [5.74, 6) is 1.84. The number of piperidine rings is 1. The Bertz CT molecular complexity index is 400. The first kappa shape index (κ1) is 15.3. The Kier molecular flexibility index (Phi) is 5.86. The minimum atomic E-state index is 0.386. The topological polar surface area (TPSA) is 24.5 Å². The first-order valence-electron chi connectivity index (χ1n) is 7.75. The van der Waals surface area contributed by atoms with Gasteiger partial charge in [0, 0.05) is 6.04 Å². The molecular weight excluding hydrogens is 248 g/mol. The van der Waals surface area contributed by atoms with Gasteiger partial charge in [-0.15, -0.1) is 0 Å². The molecule has 3 nitrogen and oxygen atoms in total. The standard InChI is InChI=1S/C17H28N2O/c1-14(16-5-4-6-17(13-16)20-3)18-10-7-15-8-11-19(2)12-9-15/h4-6,13-15,18H,7-12H2,1-3H3. The first-order valence-corrected chi connectivity index (χ1v) is 7.75. The van der Waals surface area contributed by atoms with Crippen LogP contribution in [0.15, 0.2) is 24.3 Å². The summed E-state index contributed by atoms with van der Waals surface area (Å²) >= 11 is 0. The summed E-state index contributed by atoms with van der Waals surface area (Å²) in [4.78, 5) is 2.43. The number of nitrogens with zero attached hydrogens (tertiary/aromatic N) is 1. The summed E-state index contributed by atoms with van der Waals surface area (Å²) in [5, 5.41) is 3.64. The Morgan fingerprint density at radius 2 is 2.10 bits per heavy atom. The molecule has 3 heteroatoms. The molecule has 1 aliphatic heterocycles. The number of hydrogen-bond donors (Lipinski definition) is 1. The molecule has 2 rings (SSSR count). The fraction of sp³-hybridized carbons (Fsp3) is 0.647.